The number of anilines is 1. The van der Waals surface area contributed by atoms with Crippen molar-refractivity contribution in [3.63, 3.8) is 0 Å². The van der Waals surface area contributed by atoms with Crippen molar-refractivity contribution in [3.8, 4) is 11.5 Å². The van der Waals surface area contributed by atoms with E-state index in [4.69, 9.17) is 4.74 Å². The second kappa shape index (κ2) is 8.49. The van der Waals surface area contributed by atoms with E-state index in [1.54, 1.807) is 43.3 Å². The van der Waals surface area contributed by atoms with Crippen molar-refractivity contribution >= 4 is 23.7 Å². The van der Waals surface area contributed by atoms with Gasteiger partial charge in [0.1, 0.15) is 11.5 Å². The van der Waals surface area contributed by atoms with E-state index >= 15 is 0 Å². The Hall–Kier alpha value is -3.35. The minimum atomic E-state index is -0.468. The molecule has 2 amide bonds. The number of hydrazone groups is 1. The molecule has 0 aliphatic rings. The van der Waals surface area contributed by atoms with Gasteiger partial charge in [-0.15, -0.1) is 0 Å². The van der Waals surface area contributed by atoms with E-state index in [2.05, 4.69) is 15.8 Å². The van der Waals surface area contributed by atoms with E-state index in [0.717, 1.165) is 0 Å². The molecule has 0 heterocycles. The molecular formula is C18H19N3O4. The molecule has 2 aromatic rings. The highest BCUT2D eigenvalue weighted by Crippen LogP contribution is 2.23. The molecule has 0 aliphatic heterocycles. The summed E-state index contributed by atoms with van der Waals surface area (Å²) in [6.07, 6.45) is 1.35. The van der Waals surface area contributed by atoms with E-state index in [1.807, 2.05) is 0 Å². The number of phenolic OH excluding ortho intramolecular Hbond substituents is 1. The maximum Gasteiger partial charge on any atom is 0.275 e. The number of benzene rings is 2. The monoisotopic (exact) mass is 341 g/mol. The van der Waals surface area contributed by atoms with Gasteiger partial charge in [0.25, 0.3) is 5.91 Å². The molecule has 0 saturated heterocycles. The van der Waals surface area contributed by atoms with Crippen LogP contribution in [-0.2, 0) is 4.79 Å². The average molecular weight is 341 g/mol. The van der Waals surface area contributed by atoms with Crippen LogP contribution in [0.25, 0.3) is 0 Å². The number of phenols is 1. The number of carbonyl (C=O) groups is 2. The third-order valence-electron chi connectivity index (χ3n) is 3.15. The number of hydrogen-bond acceptors (Lipinski definition) is 5. The zero-order valence-electron chi connectivity index (χ0n) is 13.9. The van der Waals surface area contributed by atoms with Crippen LogP contribution in [0.4, 0.5) is 5.69 Å². The van der Waals surface area contributed by atoms with E-state index in [9.17, 15) is 14.7 Å². The third kappa shape index (κ3) is 5.07. The fraction of sp³-hybridized carbons (Fsp3) is 0.167. The molecule has 25 heavy (non-hydrogen) atoms. The van der Waals surface area contributed by atoms with Gasteiger partial charge in [-0.3, -0.25) is 9.59 Å². The Morgan fingerprint density at radius 1 is 1.24 bits per heavy atom. The van der Waals surface area contributed by atoms with E-state index in [-0.39, 0.29) is 17.2 Å². The first-order chi connectivity index (χ1) is 12.0. The highest BCUT2D eigenvalue weighted by molar-refractivity contribution is 5.99. The maximum absolute atomic E-state index is 12.3. The van der Waals surface area contributed by atoms with Crippen LogP contribution in [-0.4, -0.2) is 29.7 Å². The highest BCUT2D eigenvalue weighted by Gasteiger charge is 2.13. The average Bonchev–Trinajstić information content (AvgIpc) is 2.56. The Labute approximate surface area is 145 Å². The largest absolute Gasteiger partial charge is 0.507 e. The van der Waals surface area contributed by atoms with Crippen molar-refractivity contribution in [1.29, 1.82) is 0 Å². The number of amides is 2. The molecule has 130 valence electrons. The third-order valence-corrected chi connectivity index (χ3v) is 3.15. The molecule has 0 aromatic heterocycles. The predicted molar refractivity (Wildman–Crippen MR) is 95.1 cm³/mol. The summed E-state index contributed by atoms with van der Waals surface area (Å²) in [4.78, 5) is 23.4. The Morgan fingerprint density at radius 2 is 2.00 bits per heavy atom. The molecule has 2 aromatic carbocycles. The molecule has 0 aliphatic carbocycles. The van der Waals surface area contributed by atoms with Gasteiger partial charge >= 0.3 is 0 Å². The molecule has 0 atom stereocenters. The van der Waals surface area contributed by atoms with Crippen molar-refractivity contribution in [2.24, 2.45) is 5.10 Å². The summed E-state index contributed by atoms with van der Waals surface area (Å²) in [6.45, 7) is 3.56. The van der Waals surface area contributed by atoms with Gasteiger partial charge in [0, 0.05) is 24.2 Å². The van der Waals surface area contributed by atoms with Crippen LogP contribution in [0.15, 0.2) is 47.6 Å². The van der Waals surface area contributed by atoms with Crippen LogP contribution in [0.1, 0.15) is 29.8 Å². The summed E-state index contributed by atoms with van der Waals surface area (Å²) in [7, 11) is 0. The highest BCUT2D eigenvalue weighted by atomic mass is 16.5. The van der Waals surface area contributed by atoms with Crippen LogP contribution < -0.4 is 15.5 Å². The molecular weight excluding hydrogens is 322 g/mol. The van der Waals surface area contributed by atoms with E-state index in [1.165, 1.54) is 19.2 Å². The SMILES string of the molecule is CCOc1cc(NC(C)=O)ccc1C(=O)N/N=C/c1ccccc1O. The lowest BCUT2D eigenvalue weighted by atomic mass is 10.1. The van der Waals surface area contributed by atoms with Crippen LogP contribution in [0, 0.1) is 0 Å². The van der Waals surface area contributed by atoms with Crippen LogP contribution in [0.5, 0.6) is 11.5 Å². The van der Waals surface area contributed by atoms with E-state index < -0.39 is 5.91 Å². The smallest absolute Gasteiger partial charge is 0.275 e. The number of carbonyl (C=O) groups excluding carboxylic acids is 2. The lowest BCUT2D eigenvalue weighted by molar-refractivity contribution is -0.114. The summed E-state index contributed by atoms with van der Waals surface area (Å²) in [6, 6.07) is 11.3. The lowest BCUT2D eigenvalue weighted by Gasteiger charge is -2.11. The second-order valence-electron chi connectivity index (χ2n) is 5.08. The predicted octanol–water partition coefficient (Wildman–Crippen LogP) is 2.51. The minimum absolute atomic E-state index is 0.0650. The van der Waals surface area contributed by atoms with Gasteiger partial charge in [-0.2, -0.15) is 5.10 Å². The Bertz CT molecular complexity index is 803. The minimum Gasteiger partial charge on any atom is -0.507 e. The number of nitrogens with one attached hydrogen (secondary N) is 2. The fourth-order valence-corrected chi connectivity index (χ4v) is 2.08. The van der Waals surface area contributed by atoms with Gasteiger partial charge in [0.15, 0.2) is 0 Å². The normalized spacial score (nSPS) is 10.5. The number of nitrogens with zero attached hydrogens (tertiary/aromatic N) is 1. The topological polar surface area (TPSA) is 100 Å². The van der Waals surface area contributed by atoms with Crippen LogP contribution in [0.2, 0.25) is 0 Å². The van der Waals surface area contributed by atoms with Gasteiger partial charge in [-0.25, -0.2) is 5.43 Å². The van der Waals surface area contributed by atoms with Gasteiger partial charge in [0.05, 0.1) is 18.4 Å². The van der Waals surface area contributed by atoms with Crippen molar-refractivity contribution in [2.75, 3.05) is 11.9 Å². The van der Waals surface area contributed by atoms with Crippen molar-refractivity contribution in [2.45, 2.75) is 13.8 Å². The first-order valence-corrected chi connectivity index (χ1v) is 7.67. The summed E-state index contributed by atoms with van der Waals surface area (Å²) >= 11 is 0. The number of para-hydroxylation sites is 1. The summed E-state index contributed by atoms with van der Waals surface area (Å²) in [5, 5.41) is 16.1. The molecule has 0 bridgehead atoms. The molecule has 7 heteroatoms. The molecule has 0 radical (unpaired) electrons. The molecule has 7 nitrogen and oxygen atoms in total. The zero-order valence-corrected chi connectivity index (χ0v) is 13.9. The number of aromatic hydroxyl groups is 1. The van der Waals surface area contributed by atoms with Crippen molar-refractivity contribution in [3.05, 3.63) is 53.6 Å². The first-order valence-electron chi connectivity index (χ1n) is 7.67. The Kier molecular flexibility index (Phi) is 6.11. The van der Waals surface area contributed by atoms with Crippen molar-refractivity contribution in [1.82, 2.24) is 5.43 Å². The van der Waals surface area contributed by atoms with Crippen LogP contribution in [0.3, 0.4) is 0 Å². The molecule has 0 fully saturated rings. The lowest BCUT2D eigenvalue weighted by Crippen LogP contribution is -2.19. The zero-order chi connectivity index (χ0) is 18.2. The molecule has 0 saturated carbocycles. The first kappa shape index (κ1) is 18.0. The van der Waals surface area contributed by atoms with Gasteiger partial charge in [0.2, 0.25) is 5.91 Å². The van der Waals surface area contributed by atoms with Gasteiger partial charge in [-0.1, -0.05) is 12.1 Å². The molecule has 3 N–H and O–H groups in total. The van der Waals surface area contributed by atoms with Crippen LogP contribution >= 0.6 is 0 Å². The summed E-state index contributed by atoms with van der Waals surface area (Å²) in [5.41, 5.74) is 3.68. The number of ether oxygens (including phenoxy) is 1. The summed E-state index contributed by atoms with van der Waals surface area (Å²) in [5.74, 6) is -0.282. The molecule has 0 spiro atoms. The van der Waals surface area contributed by atoms with Gasteiger partial charge < -0.3 is 15.2 Å². The Balaban J connectivity index is 2.14. The molecule has 0 unspecified atom stereocenters. The second-order valence-corrected chi connectivity index (χ2v) is 5.08. The quantitative estimate of drug-likeness (QED) is 0.555. The standard InChI is InChI=1S/C18H19N3O4/c1-3-25-17-10-14(20-12(2)22)8-9-15(17)18(24)21-19-11-13-6-4-5-7-16(13)23/h4-11,23H,3H2,1-2H3,(H,20,22)(H,21,24)/b19-11+. The molecule has 2 rings (SSSR count). The fourth-order valence-electron chi connectivity index (χ4n) is 2.08. The van der Waals surface area contributed by atoms with Crippen molar-refractivity contribution < 1.29 is 19.4 Å². The number of hydrogen-bond donors (Lipinski definition) is 3. The number of rotatable bonds is 6. The Morgan fingerprint density at radius 3 is 2.68 bits per heavy atom. The van der Waals surface area contributed by atoms with E-state index in [0.29, 0.717) is 23.6 Å². The maximum atomic E-state index is 12.3. The van der Waals surface area contributed by atoms with Gasteiger partial charge in [-0.05, 0) is 31.2 Å². The summed E-state index contributed by atoms with van der Waals surface area (Å²) < 4.78 is 5.46.